The minimum absolute atomic E-state index is 0.0370. The monoisotopic (exact) mass is 627 g/mol. The number of allylic oxidation sites excluding steroid dienone is 2. The Hall–Kier alpha value is -2.74. The van der Waals surface area contributed by atoms with Crippen LogP contribution in [0.25, 0.3) is 16.6 Å². The van der Waals surface area contributed by atoms with Crippen LogP contribution < -0.4 is 16.6 Å². The van der Waals surface area contributed by atoms with Gasteiger partial charge in [-0.05, 0) is 48.8 Å². The number of aromatic nitrogens is 3. The summed E-state index contributed by atoms with van der Waals surface area (Å²) in [5, 5.41) is 3.61. The molecule has 0 unspecified atom stereocenters. The number of carbonyl (C=O) groups is 1. The first-order valence-electron chi connectivity index (χ1n) is 12.0. The molecule has 1 aliphatic heterocycles. The molecule has 37 heavy (non-hydrogen) atoms. The van der Waals surface area contributed by atoms with E-state index in [1.54, 1.807) is 10.6 Å². The second kappa shape index (κ2) is 11.3. The number of halogens is 2. The number of ether oxygens (including phenoxy) is 3. The maximum Gasteiger partial charge on any atom is 0.331 e. The molecule has 12 heteroatoms. The van der Waals surface area contributed by atoms with Crippen molar-refractivity contribution >= 4 is 51.1 Å². The molecule has 1 aliphatic carbocycles. The van der Waals surface area contributed by atoms with Crippen molar-refractivity contribution in [3.8, 4) is 0 Å². The number of alkyl halides is 1. The molecule has 3 N–H and O–H groups in total. The summed E-state index contributed by atoms with van der Waals surface area (Å²) in [5.41, 5.74) is 7.75. The number of anilines is 1. The summed E-state index contributed by atoms with van der Waals surface area (Å²) in [5.74, 6) is -0.840. The Bertz CT molecular complexity index is 1320. The topological polar surface area (TPSA) is 131 Å². The van der Waals surface area contributed by atoms with E-state index in [0.717, 1.165) is 18.2 Å². The van der Waals surface area contributed by atoms with E-state index in [1.807, 2.05) is 0 Å². The predicted octanol–water partition coefficient (Wildman–Crippen LogP) is 3.39. The standard InChI is InChI=1S/C25H31FIN5O5/c1-25(13-37-12-20(33)35-2)6-4-15(5-7-25)32-21-17(19(10-27)30-24(28)31-21)9-16(23(32)34)14-8-18(26)22(36-3)29-11-14/h8-9,15,29H,4-7,10-13H2,1-3H3,(H2,28,30,31). The van der Waals surface area contributed by atoms with Crippen molar-refractivity contribution in [1.82, 2.24) is 19.9 Å². The third-order valence-corrected chi connectivity index (χ3v) is 7.77. The molecule has 200 valence electrons. The smallest absolute Gasteiger partial charge is 0.331 e. The highest BCUT2D eigenvalue weighted by Gasteiger charge is 2.34. The highest BCUT2D eigenvalue weighted by molar-refractivity contribution is 14.1. The van der Waals surface area contributed by atoms with Crippen molar-refractivity contribution in [2.75, 3.05) is 39.7 Å². The van der Waals surface area contributed by atoms with E-state index < -0.39 is 11.8 Å². The van der Waals surface area contributed by atoms with Crippen LogP contribution in [0.3, 0.4) is 0 Å². The molecule has 2 aliphatic rings. The van der Waals surface area contributed by atoms with Gasteiger partial charge in [-0.1, -0.05) is 29.5 Å². The molecule has 0 bridgehead atoms. The van der Waals surface area contributed by atoms with Crippen LogP contribution in [0.2, 0.25) is 0 Å². The van der Waals surface area contributed by atoms with Gasteiger partial charge < -0.3 is 25.3 Å². The van der Waals surface area contributed by atoms with Crippen LogP contribution in [0, 0.1) is 5.41 Å². The van der Waals surface area contributed by atoms with Crippen LogP contribution in [-0.2, 0) is 23.4 Å². The van der Waals surface area contributed by atoms with E-state index in [4.69, 9.17) is 15.2 Å². The average Bonchev–Trinajstić information content (AvgIpc) is 2.88. The summed E-state index contributed by atoms with van der Waals surface area (Å²) in [6.07, 6.45) is 4.32. The fourth-order valence-electron chi connectivity index (χ4n) is 4.97. The normalized spacial score (nSPS) is 22.0. The van der Waals surface area contributed by atoms with Crippen molar-refractivity contribution in [3.63, 3.8) is 0 Å². The van der Waals surface area contributed by atoms with Gasteiger partial charge in [-0.25, -0.2) is 14.2 Å². The van der Waals surface area contributed by atoms with E-state index >= 15 is 0 Å². The van der Waals surface area contributed by atoms with Gasteiger partial charge >= 0.3 is 5.97 Å². The number of nitrogens with two attached hydrogens (primary N) is 1. The summed E-state index contributed by atoms with van der Waals surface area (Å²) < 4.78 is 32.1. The number of esters is 1. The number of pyridine rings is 1. The van der Waals surface area contributed by atoms with Crippen molar-refractivity contribution in [1.29, 1.82) is 0 Å². The number of nitrogens with one attached hydrogen (secondary N) is 1. The zero-order valence-corrected chi connectivity index (χ0v) is 23.3. The third-order valence-electron chi connectivity index (χ3n) is 7.05. The molecule has 0 radical (unpaired) electrons. The Balaban J connectivity index is 1.73. The van der Waals surface area contributed by atoms with Crippen LogP contribution in [-0.4, -0.2) is 54.5 Å². The van der Waals surface area contributed by atoms with Gasteiger partial charge in [0.05, 0.1) is 26.5 Å². The second-order valence-electron chi connectivity index (χ2n) is 9.65. The van der Waals surface area contributed by atoms with Gasteiger partial charge in [0.1, 0.15) is 12.3 Å². The molecule has 0 aromatic carbocycles. The van der Waals surface area contributed by atoms with Gasteiger partial charge in [0.25, 0.3) is 5.56 Å². The van der Waals surface area contributed by atoms with Crippen LogP contribution in [0.15, 0.2) is 28.6 Å². The predicted molar refractivity (Wildman–Crippen MR) is 146 cm³/mol. The first-order chi connectivity index (χ1) is 17.7. The summed E-state index contributed by atoms with van der Waals surface area (Å²) in [6.45, 7) is 2.70. The number of rotatable bonds is 8. The number of hydrogen-bond acceptors (Lipinski definition) is 9. The van der Waals surface area contributed by atoms with Crippen molar-refractivity contribution in [3.05, 3.63) is 45.5 Å². The second-order valence-corrected chi connectivity index (χ2v) is 10.4. The van der Waals surface area contributed by atoms with Crippen LogP contribution >= 0.6 is 22.6 Å². The number of hydrogen-bond donors (Lipinski definition) is 2. The minimum atomic E-state index is -0.571. The average molecular weight is 627 g/mol. The molecule has 0 saturated heterocycles. The summed E-state index contributed by atoms with van der Waals surface area (Å²) in [4.78, 5) is 34.2. The van der Waals surface area contributed by atoms with E-state index in [9.17, 15) is 14.0 Å². The number of dihydropyridines is 1. The lowest BCUT2D eigenvalue weighted by Crippen LogP contribution is -2.36. The zero-order chi connectivity index (χ0) is 26.7. The molecule has 4 rings (SSSR count). The maximum absolute atomic E-state index is 14.6. The van der Waals surface area contributed by atoms with Gasteiger partial charge in [-0.15, -0.1) is 0 Å². The summed E-state index contributed by atoms with van der Waals surface area (Å²) in [7, 11) is 2.71. The third kappa shape index (κ3) is 5.74. The SMILES string of the molecule is COC(=O)COCC1(C)CCC(n2c(=O)c(C3=CC(F)=C(OC)NC3)cc3c(CI)nc(N)nc32)CC1. The van der Waals surface area contributed by atoms with Gasteiger partial charge in [0.15, 0.2) is 5.83 Å². The lowest BCUT2D eigenvalue weighted by molar-refractivity contribution is -0.147. The van der Waals surface area contributed by atoms with Crippen molar-refractivity contribution < 1.29 is 23.4 Å². The number of nitrogen functional groups attached to an aromatic ring is 1. The first kappa shape index (κ1) is 27.3. The quantitative estimate of drug-likeness (QED) is 0.257. The first-order valence-corrected chi connectivity index (χ1v) is 13.5. The molecule has 1 saturated carbocycles. The zero-order valence-electron chi connectivity index (χ0n) is 21.1. The molecule has 2 aromatic heterocycles. The van der Waals surface area contributed by atoms with E-state index in [-0.39, 0.29) is 42.0 Å². The maximum atomic E-state index is 14.6. The molecular formula is C25H31FIN5O5. The molecule has 0 atom stereocenters. The van der Waals surface area contributed by atoms with Crippen molar-refractivity contribution in [2.24, 2.45) is 5.41 Å². The highest BCUT2D eigenvalue weighted by Crippen LogP contribution is 2.41. The molecule has 2 aromatic rings. The fraction of sp³-hybridized carbons (Fsp3) is 0.520. The lowest BCUT2D eigenvalue weighted by atomic mass is 9.74. The van der Waals surface area contributed by atoms with Crippen molar-refractivity contribution in [2.45, 2.75) is 43.1 Å². The Labute approximate surface area is 227 Å². The van der Waals surface area contributed by atoms with Gasteiger partial charge in [-0.3, -0.25) is 9.36 Å². The highest BCUT2D eigenvalue weighted by atomic mass is 127. The number of fused-ring (bicyclic) bond motifs is 1. The molecule has 10 nitrogen and oxygen atoms in total. The molecule has 3 heterocycles. The fourth-order valence-corrected chi connectivity index (χ4v) is 5.55. The molecule has 0 amide bonds. The molecular weight excluding hydrogens is 596 g/mol. The lowest BCUT2D eigenvalue weighted by Gasteiger charge is -2.38. The van der Waals surface area contributed by atoms with E-state index in [2.05, 4.69) is 49.5 Å². The van der Waals surface area contributed by atoms with Crippen LogP contribution in [0.4, 0.5) is 10.3 Å². The minimum Gasteiger partial charge on any atom is -0.480 e. The van der Waals surface area contributed by atoms with Gasteiger partial charge in [0.2, 0.25) is 11.8 Å². The number of nitrogens with zero attached hydrogens (tertiary/aromatic N) is 3. The summed E-state index contributed by atoms with van der Waals surface area (Å²) >= 11 is 2.20. The van der Waals surface area contributed by atoms with Gasteiger partial charge in [0, 0.05) is 28.0 Å². The van der Waals surface area contributed by atoms with E-state index in [1.165, 1.54) is 20.3 Å². The summed E-state index contributed by atoms with van der Waals surface area (Å²) in [6, 6.07) is 1.61. The molecule has 1 fully saturated rings. The Kier molecular flexibility index (Phi) is 8.36. The Morgan fingerprint density at radius 2 is 2.05 bits per heavy atom. The van der Waals surface area contributed by atoms with E-state index in [0.29, 0.717) is 46.4 Å². The van der Waals surface area contributed by atoms with Crippen LogP contribution in [0.5, 0.6) is 0 Å². The Morgan fingerprint density at radius 3 is 2.68 bits per heavy atom. The number of carbonyl (C=O) groups excluding carboxylic acids is 1. The number of methoxy groups -OCH3 is 2. The molecule has 0 spiro atoms. The largest absolute Gasteiger partial charge is 0.480 e. The van der Waals surface area contributed by atoms with Gasteiger partial charge in [-0.2, -0.15) is 4.98 Å². The van der Waals surface area contributed by atoms with Crippen LogP contribution in [0.1, 0.15) is 49.9 Å². The Morgan fingerprint density at radius 1 is 1.32 bits per heavy atom.